The van der Waals surface area contributed by atoms with Gasteiger partial charge in [0.2, 0.25) is 16.0 Å². The predicted molar refractivity (Wildman–Crippen MR) is 145 cm³/mol. The molecule has 4 heterocycles. The highest BCUT2D eigenvalue weighted by atomic mass is 32.2. The fourth-order valence-electron chi connectivity index (χ4n) is 4.28. The molecule has 0 spiro atoms. The first kappa shape index (κ1) is 25.4. The number of fused-ring (bicyclic) bond motifs is 1. The molecule has 1 fully saturated rings. The van der Waals surface area contributed by atoms with E-state index in [1.54, 1.807) is 24.4 Å². The van der Waals surface area contributed by atoms with Gasteiger partial charge >= 0.3 is 0 Å². The van der Waals surface area contributed by atoms with Crippen LogP contribution in [0.4, 0.5) is 17.6 Å². The monoisotopic (exact) mass is 540 g/mol. The largest absolute Gasteiger partial charge is 0.395 e. The summed E-state index contributed by atoms with van der Waals surface area (Å²) in [6.45, 7) is 6.07. The van der Waals surface area contributed by atoms with Gasteiger partial charge in [0.1, 0.15) is 17.5 Å². The molecule has 0 atom stereocenters. The van der Waals surface area contributed by atoms with Gasteiger partial charge in [-0.2, -0.15) is 0 Å². The Morgan fingerprint density at radius 2 is 1.92 bits per heavy atom. The van der Waals surface area contributed by atoms with Crippen LogP contribution in [0.5, 0.6) is 0 Å². The number of aryl methyl sites for hydroxylation is 1. The minimum atomic E-state index is -3.56. The lowest BCUT2D eigenvalue weighted by molar-refractivity contribution is 0.188. The van der Waals surface area contributed by atoms with Crippen LogP contribution in [-0.2, 0) is 10.0 Å². The number of benzene rings is 1. The highest BCUT2D eigenvalue weighted by molar-refractivity contribution is 7.89. The molecule has 37 heavy (non-hydrogen) atoms. The van der Waals surface area contributed by atoms with E-state index in [0.29, 0.717) is 24.1 Å². The van der Waals surface area contributed by atoms with Crippen LogP contribution < -0.4 is 14.9 Å². The minimum absolute atomic E-state index is 0.164. The third-order valence-electron chi connectivity index (χ3n) is 6.21. The van der Waals surface area contributed by atoms with Crippen LogP contribution in [0.2, 0.25) is 0 Å². The molecular weight excluding hydrogens is 512 g/mol. The Morgan fingerprint density at radius 1 is 1.11 bits per heavy atom. The minimum Gasteiger partial charge on any atom is -0.395 e. The lowest BCUT2D eigenvalue weighted by Crippen LogP contribution is -2.47. The molecule has 0 amide bonds. The average molecular weight is 541 g/mol. The maximum absolute atomic E-state index is 12.3. The summed E-state index contributed by atoms with van der Waals surface area (Å²) in [6.07, 6.45) is 1.75. The van der Waals surface area contributed by atoms with Gasteiger partial charge in [0.25, 0.3) is 0 Å². The zero-order chi connectivity index (χ0) is 26.0. The van der Waals surface area contributed by atoms with Gasteiger partial charge < -0.3 is 15.3 Å². The zero-order valence-corrected chi connectivity index (χ0v) is 22.2. The number of nitrogens with one attached hydrogen (secondary N) is 2. The second kappa shape index (κ2) is 10.6. The van der Waals surface area contributed by atoms with Gasteiger partial charge in [-0.15, -0.1) is 11.3 Å². The number of hydrogen-bond donors (Lipinski definition) is 3. The Morgan fingerprint density at radius 3 is 2.68 bits per heavy atom. The lowest BCUT2D eigenvalue weighted by atomic mass is 10.1. The molecule has 0 unspecified atom stereocenters. The number of anilines is 3. The second-order valence-electron chi connectivity index (χ2n) is 8.63. The highest BCUT2D eigenvalue weighted by Crippen LogP contribution is 2.34. The van der Waals surface area contributed by atoms with Crippen molar-refractivity contribution in [2.24, 2.45) is 0 Å². The molecule has 194 valence electrons. The summed E-state index contributed by atoms with van der Waals surface area (Å²) in [7, 11) is -2.17. The summed E-state index contributed by atoms with van der Waals surface area (Å²) in [4.78, 5) is 23.0. The first-order valence-corrected chi connectivity index (χ1v) is 14.2. The van der Waals surface area contributed by atoms with E-state index in [1.807, 2.05) is 24.4 Å². The maximum atomic E-state index is 12.3. The third-order valence-corrected chi connectivity index (χ3v) is 8.53. The molecule has 13 heteroatoms. The van der Waals surface area contributed by atoms with Crippen molar-refractivity contribution in [2.45, 2.75) is 11.8 Å². The van der Waals surface area contributed by atoms with Crippen LogP contribution in [0, 0.1) is 6.92 Å². The summed E-state index contributed by atoms with van der Waals surface area (Å²) in [6, 6.07) is 8.68. The summed E-state index contributed by atoms with van der Waals surface area (Å²) in [5.41, 5.74) is 2.32. The van der Waals surface area contributed by atoms with E-state index < -0.39 is 10.0 Å². The second-order valence-corrected chi connectivity index (χ2v) is 11.4. The first-order valence-electron chi connectivity index (χ1n) is 11.9. The van der Waals surface area contributed by atoms with Crippen LogP contribution in [0.15, 0.2) is 46.8 Å². The van der Waals surface area contributed by atoms with Gasteiger partial charge in [-0.05, 0) is 31.7 Å². The van der Waals surface area contributed by atoms with Crippen molar-refractivity contribution < 1.29 is 13.5 Å². The Kier molecular flexibility index (Phi) is 7.31. The highest BCUT2D eigenvalue weighted by Gasteiger charge is 2.19. The lowest BCUT2D eigenvalue weighted by Gasteiger charge is -2.35. The molecule has 0 radical (unpaired) electrons. The van der Waals surface area contributed by atoms with Crippen LogP contribution in [-0.4, -0.2) is 84.7 Å². The van der Waals surface area contributed by atoms with Gasteiger partial charge in [0.15, 0.2) is 0 Å². The van der Waals surface area contributed by atoms with Crippen LogP contribution >= 0.6 is 11.3 Å². The number of aliphatic hydroxyl groups is 1. The van der Waals surface area contributed by atoms with Crippen molar-refractivity contribution in [3.8, 4) is 11.1 Å². The summed E-state index contributed by atoms with van der Waals surface area (Å²) < 4.78 is 27.8. The van der Waals surface area contributed by atoms with E-state index in [9.17, 15) is 13.5 Å². The van der Waals surface area contributed by atoms with Gasteiger partial charge in [-0.1, -0.05) is 12.1 Å². The molecule has 1 saturated heterocycles. The number of rotatable bonds is 8. The average Bonchev–Trinajstić information content (AvgIpc) is 3.32. The first-order chi connectivity index (χ1) is 17.9. The molecule has 3 aromatic heterocycles. The summed E-state index contributed by atoms with van der Waals surface area (Å²) >= 11 is 1.50. The normalized spacial score (nSPS) is 14.8. The molecule has 5 rings (SSSR count). The fraction of sp³-hybridized carbons (Fsp3) is 0.333. The third kappa shape index (κ3) is 5.55. The van der Waals surface area contributed by atoms with Crippen LogP contribution in [0.25, 0.3) is 21.3 Å². The Bertz CT molecular complexity index is 1520. The Balaban J connectivity index is 1.41. The summed E-state index contributed by atoms with van der Waals surface area (Å²) in [5, 5.41) is 14.4. The number of piperazine rings is 1. The number of aromatic nitrogens is 4. The molecule has 1 aliphatic heterocycles. The van der Waals surface area contributed by atoms with Crippen LogP contribution in [0.3, 0.4) is 0 Å². The van der Waals surface area contributed by atoms with E-state index in [1.165, 1.54) is 18.4 Å². The van der Waals surface area contributed by atoms with Crippen molar-refractivity contribution in [3.05, 3.63) is 47.7 Å². The van der Waals surface area contributed by atoms with Gasteiger partial charge in [0, 0.05) is 49.7 Å². The number of nitrogens with zero attached hydrogens (tertiary/aromatic N) is 6. The SMILES string of the molecule is CNS(=O)(=O)c1cccc(-c2csc3cnc(Nc4cc(N5CCN(CCO)CC5)nc(C)n4)nc23)c1. The van der Waals surface area contributed by atoms with Crippen molar-refractivity contribution in [3.63, 3.8) is 0 Å². The van der Waals surface area contributed by atoms with E-state index in [-0.39, 0.29) is 11.5 Å². The molecule has 3 N–H and O–H groups in total. The van der Waals surface area contributed by atoms with Crippen molar-refractivity contribution in [1.82, 2.24) is 29.6 Å². The number of hydrogen-bond acceptors (Lipinski definition) is 11. The smallest absolute Gasteiger partial charge is 0.240 e. The topological polar surface area (TPSA) is 136 Å². The molecular formula is C24H28N8O3S2. The molecule has 1 aromatic carbocycles. The number of thiophene rings is 1. The van der Waals surface area contributed by atoms with Gasteiger partial charge in [-0.3, -0.25) is 4.90 Å². The quantitative estimate of drug-likeness (QED) is 0.305. The summed E-state index contributed by atoms with van der Waals surface area (Å²) in [5.74, 6) is 2.46. The van der Waals surface area contributed by atoms with E-state index in [0.717, 1.165) is 53.3 Å². The maximum Gasteiger partial charge on any atom is 0.240 e. The Hall–Kier alpha value is -3.23. The zero-order valence-electron chi connectivity index (χ0n) is 20.5. The van der Waals surface area contributed by atoms with Crippen LogP contribution in [0.1, 0.15) is 5.82 Å². The van der Waals surface area contributed by atoms with E-state index in [4.69, 9.17) is 4.98 Å². The standard InChI is InChI=1S/C24H28N8O3S2/c1-16-27-21(13-22(28-16)32-8-6-31(7-9-32)10-11-33)29-24-26-14-20-23(30-24)19(15-36-20)17-4-3-5-18(12-17)37(34,35)25-2/h3-5,12-15,25,33H,6-11H2,1-2H3,(H,26,27,28,29,30). The predicted octanol–water partition coefficient (Wildman–Crippen LogP) is 2.22. The van der Waals surface area contributed by atoms with E-state index >= 15 is 0 Å². The van der Waals surface area contributed by atoms with Gasteiger partial charge in [-0.25, -0.2) is 33.1 Å². The molecule has 1 aliphatic rings. The van der Waals surface area contributed by atoms with Gasteiger partial charge in [0.05, 0.1) is 27.9 Å². The van der Waals surface area contributed by atoms with Crippen molar-refractivity contribution in [1.29, 1.82) is 0 Å². The fourth-order valence-corrected chi connectivity index (χ4v) is 5.93. The van der Waals surface area contributed by atoms with Crippen molar-refractivity contribution >= 4 is 49.2 Å². The number of aliphatic hydroxyl groups excluding tert-OH is 1. The molecule has 0 saturated carbocycles. The molecule has 11 nitrogen and oxygen atoms in total. The molecule has 4 aromatic rings. The molecule has 0 bridgehead atoms. The number of β-amino-alcohol motifs (C(OH)–C–C–N with tert-alkyl or cyclic N) is 1. The molecule has 0 aliphatic carbocycles. The Labute approximate surface area is 219 Å². The number of sulfonamides is 1. The van der Waals surface area contributed by atoms with Crippen molar-refractivity contribution in [2.75, 3.05) is 56.6 Å². The van der Waals surface area contributed by atoms with E-state index in [2.05, 4.69) is 34.8 Å².